The third-order valence-corrected chi connectivity index (χ3v) is 3.97. The summed E-state index contributed by atoms with van der Waals surface area (Å²) in [4.78, 5) is 0. The Labute approximate surface area is 104 Å². The van der Waals surface area contributed by atoms with E-state index in [1.807, 2.05) is 4.68 Å². The number of aryl methyl sites for hydroxylation is 2. The van der Waals surface area contributed by atoms with Gasteiger partial charge in [0.25, 0.3) is 0 Å². The van der Waals surface area contributed by atoms with Gasteiger partial charge in [0.05, 0.1) is 11.8 Å². The molecule has 1 saturated carbocycles. The normalized spacial score (nSPS) is 19.3. The van der Waals surface area contributed by atoms with Gasteiger partial charge in [-0.05, 0) is 44.1 Å². The Morgan fingerprint density at radius 1 is 1.47 bits per heavy atom. The van der Waals surface area contributed by atoms with Gasteiger partial charge in [0.1, 0.15) is 0 Å². The van der Waals surface area contributed by atoms with Crippen LogP contribution in [-0.4, -0.2) is 21.0 Å². The van der Waals surface area contributed by atoms with E-state index in [1.165, 1.54) is 18.5 Å². The van der Waals surface area contributed by atoms with Gasteiger partial charge in [0.15, 0.2) is 0 Å². The van der Waals surface area contributed by atoms with Crippen LogP contribution >= 0.6 is 0 Å². The molecule has 96 valence electrons. The lowest BCUT2D eigenvalue weighted by molar-refractivity contribution is 0.103. The van der Waals surface area contributed by atoms with Crippen LogP contribution in [0, 0.1) is 11.8 Å². The van der Waals surface area contributed by atoms with Crippen molar-refractivity contribution < 1.29 is 5.11 Å². The summed E-state index contributed by atoms with van der Waals surface area (Å²) in [6.07, 6.45) is 4.10. The van der Waals surface area contributed by atoms with Crippen LogP contribution in [-0.2, 0) is 19.4 Å². The van der Waals surface area contributed by atoms with Crippen molar-refractivity contribution in [2.45, 2.75) is 59.1 Å². The average molecular weight is 236 g/mol. The van der Waals surface area contributed by atoms with Gasteiger partial charge in [0, 0.05) is 18.7 Å². The molecule has 0 bridgehead atoms. The molecule has 1 aromatic rings. The molecular weight excluding hydrogens is 212 g/mol. The maximum atomic E-state index is 10.2. The van der Waals surface area contributed by atoms with Crippen molar-refractivity contribution in [3.8, 4) is 0 Å². The number of rotatable bonds is 6. The topological polar surface area (TPSA) is 38.0 Å². The monoisotopic (exact) mass is 236 g/mol. The van der Waals surface area contributed by atoms with Crippen LogP contribution < -0.4 is 0 Å². The highest BCUT2D eigenvalue weighted by Gasteiger charge is 2.32. The molecule has 2 rings (SSSR count). The number of hydrogen-bond donors (Lipinski definition) is 1. The van der Waals surface area contributed by atoms with Crippen LogP contribution in [0.15, 0.2) is 6.07 Å². The minimum atomic E-state index is -0.214. The molecule has 0 radical (unpaired) electrons. The highest BCUT2D eigenvalue weighted by molar-refractivity contribution is 5.12. The molecule has 0 aliphatic heterocycles. The molecule has 1 aliphatic rings. The Morgan fingerprint density at radius 2 is 2.18 bits per heavy atom. The summed E-state index contributed by atoms with van der Waals surface area (Å²) in [5, 5.41) is 14.8. The lowest BCUT2D eigenvalue weighted by Crippen LogP contribution is -2.23. The lowest BCUT2D eigenvalue weighted by atomic mass is 9.95. The summed E-state index contributed by atoms with van der Waals surface area (Å²) < 4.78 is 2.03. The molecule has 3 heteroatoms. The van der Waals surface area contributed by atoms with Crippen LogP contribution in [0.1, 0.15) is 45.0 Å². The Balaban J connectivity index is 2.03. The molecule has 1 N–H and O–H groups in total. The highest BCUT2D eigenvalue weighted by atomic mass is 16.3. The second-order valence-corrected chi connectivity index (χ2v) is 5.26. The van der Waals surface area contributed by atoms with Crippen molar-refractivity contribution >= 4 is 0 Å². The zero-order valence-electron chi connectivity index (χ0n) is 11.2. The number of aromatic nitrogens is 2. The molecule has 0 spiro atoms. The Bertz CT molecular complexity index is 368. The summed E-state index contributed by atoms with van der Waals surface area (Å²) >= 11 is 0. The second kappa shape index (κ2) is 5.21. The first-order valence-electron chi connectivity index (χ1n) is 6.89. The van der Waals surface area contributed by atoms with Crippen molar-refractivity contribution in [1.82, 2.24) is 9.78 Å². The predicted molar refractivity (Wildman–Crippen MR) is 68.9 cm³/mol. The van der Waals surface area contributed by atoms with Gasteiger partial charge in [-0.25, -0.2) is 0 Å². The third-order valence-electron chi connectivity index (χ3n) is 3.97. The number of aliphatic hydroxyl groups is 1. The molecule has 2 unspecified atom stereocenters. The van der Waals surface area contributed by atoms with Gasteiger partial charge in [-0.3, -0.25) is 4.68 Å². The van der Waals surface area contributed by atoms with Gasteiger partial charge < -0.3 is 5.11 Å². The molecule has 3 nitrogen and oxygen atoms in total. The van der Waals surface area contributed by atoms with E-state index >= 15 is 0 Å². The maximum absolute atomic E-state index is 10.2. The van der Waals surface area contributed by atoms with Crippen molar-refractivity contribution in [2.75, 3.05) is 0 Å². The standard InChI is InChI=1S/C14H24N2O/c1-4-12-8-13(16(5-2)15-12)9-14(17)10(3)11-6-7-11/h8,10-11,14,17H,4-7,9H2,1-3H3. The summed E-state index contributed by atoms with van der Waals surface area (Å²) in [6, 6.07) is 2.15. The molecule has 0 saturated heterocycles. The Morgan fingerprint density at radius 3 is 2.71 bits per heavy atom. The van der Waals surface area contributed by atoms with Gasteiger partial charge in [-0.15, -0.1) is 0 Å². The molecule has 1 aromatic heterocycles. The number of hydrogen-bond acceptors (Lipinski definition) is 2. The van der Waals surface area contributed by atoms with E-state index in [2.05, 4.69) is 31.9 Å². The molecule has 17 heavy (non-hydrogen) atoms. The SMILES string of the molecule is CCc1cc(CC(O)C(C)C2CC2)n(CC)n1. The van der Waals surface area contributed by atoms with E-state index in [4.69, 9.17) is 0 Å². The fourth-order valence-electron chi connectivity index (χ4n) is 2.46. The van der Waals surface area contributed by atoms with Crippen LogP contribution in [0.25, 0.3) is 0 Å². The first-order chi connectivity index (χ1) is 8.15. The van der Waals surface area contributed by atoms with Crippen LogP contribution in [0.2, 0.25) is 0 Å². The summed E-state index contributed by atoms with van der Waals surface area (Å²) in [7, 11) is 0. The summed E-state index contributed by atoms with van der Waals surface area (Å²) in [5.41, 5.74) is 2.32. The van der Waals surface area contributed by atoms with Crippen molar-refractivity contribution in [3.05, 3.63) is 17.5 Å². The first-order valence-corrected chi connectivity index (χ1v) is 6.89. The fourth-order valence-corrected chi connectivity index (χ4v) is 2.46. The first kappa shape index (κ1) is 12.6. The summed E-state index contributed by atoms with van der Waals surface area (Å²) in [5.74, 6) is 1.19. The molecule has 0 amide bonds. The van der Waals surface area contributed by atoms with Gasteiger partial charge in [0.2, 0.25) is 0 Å². The van der Waals surface area contributed by atoms with Crippen LogP contribution in [0.3, 0.4) is 0 Å². The average Bonchev–Trinajstić information content (AvgIpc) is 3.10. The fraction of sp³-hybridized carbons (Fsp3) is 0.786. The summed E-state index contributed by atoms with van der Waals surface area (Å²) in [6.45, 7) is 7.29. The largest absolute Gasteiger partial charge is 0.392 e. The van der Waals surface area contributed by atoms with E-state index in [9.17, 15) is 5.11 Å². The quantitative estimate of drug-likeness (QED) is 0.823. The van der Waals surface area contributed by atoms with E-state index in [1.54, 1.807) is 0 Å². The van der Waals surface area contributed by atoms with E-state index < -0.39 is 0 Å². The van der Waals surface area contributed by atoms with E-state index in [-0.39, 0.29) is 6.10 Å². The number of aliphatic hydroxyl groups excluding tert-OH is 1. The zero-order valence-corrected chi connectivity index (χ0v) is 11.2. The van der Waals surface area contributed by atoms with Crippen molar-refractivity contribution in [3.63, 3.8) is 0 Å². The molecule has 1 aliphatic carbocycles. The minimum absolute atomic E-state index is 0.214. The van der Waals surface area contributed by atoms with Gasteiger partial charge >= 0.3 is 0 Å². The number of nitrogens with zero attached hydrogens (tertiary/aromatic N) is 2. The Hall–Kier alpha value is -0.830. The molecular formula is C14H24N2O. The van der Waals surface area contributed by atoms with E-state index in [0.29, 0.717) is 5.92 Å². The molecule has 1 heterocycles. The molecule has 0 aromatic carbocycles. The van der Waals surface area contributed by atoms with Crippen molar-refractivity contribution in [1.29, 1.82) is 0 Å². The molecule has 1 fully saturated rings. The third kappa shape index (κ3) is 2.89. The van der Waals surface area contributed by atoms with Gasteiger partial charge in [-0.1, -0.05) is 13.8 Å². The lowest BCUT2D eigenvalue weighted by Gasteiger charge is -2.18. The van der Waals surface area contributed by atoms with Crippen molar-refractivity contribution in [2.24, 2.45) is 11.8 Å². The second-order valence-electron chi connectivity index (χ2n) is 5.26. The maximum Gasteiger partial charge on any atom is 0.0624 e. The zero-order chi connectivity index (χ0) is 12.4. The van der Waals surface area contributed by atoms with Crippen LogP contribution in [0.4, 0.5) is 0 Å². The molecule has 2 atom stereocenters. The van der Waals surface area contributed by atoms with Gasteiger partial charge in [-0.2, -0.15) is 5.10 Å². The predicted octanol–water partition coefficient (Wildman–Crippen LogP) is 2.41. The smallest absolute Gasteiger partial charge is 0.0624 e. The van der Waals surface area contributed by atoms with Crippen LogP contribution in [0.5, 0.6) is 0 Å². The highest BCUT2D eigenvalue weighted by Crippen LogP contribution is 2.38. The minimum Gasteiger partial charge on any atom is -0.392 e. The Kier molecular flexibility index (Phi) is 3.87. The van der Waals surface area contributed by atoms with E-state index in [0.717, 1.165) is 31.0 Å².